The van der Waals surface area contributed by atoms with Crippen molar-refractivity contribution in [1.82, 2.24) is 0 Å². The zero-order valence-corrected chi connectivity index (χ0v) is 10.7. The molecule has 0 radical (unpaired) electrons. The normalized spacial score (nSPS) is 19.8. The summed E-state index contributed by atoms with van der Waals surface area (Å²) in [4.78, 5) is 0. The zero-order chi connectivity index (χ0) is 11.8. The summed E-state index contributed by atoms with van der Waals surface area (Å²) < 4.78 is 0. The van der Waals surface area contributed by atoms with E-state index in [0.717, 1.165) is 6.42 Å². The second kappa shape index (κ2) is 4.21. The lowest BCUT2D eigenvalue weighted by molar-refractivity contribution is 0.450. The zero-order valence-electron chi connectivity index (χ0n) is 10.7. The van der Waals surface area contributed by atoms with Gasteiger partial charge in [0.2, 0.25) is 0 Å². The van der Waals surface area contributed by atoms with Crippen molar-refractivity contribution in [2.24, 2.45) is 17.1 Å². The summed E-state index contributed by atoms with van der Waals surface area (Å²) >= 11 is 0. The molecular weight excluding hydrogens is 194 g/mol. The smallest absolute Gasteiger partial charge is 0.0349 e. The number of hydrogen-bond donors (Lipinski definition) is 1. The molecule has 1 aliphatic rings. The van der Waals surface area contributed by atoms with E-state index in [1.165, 1.54) is 24.0 Å². The van der Waals surface area contributed by atoms with Crippen LogP contribution in [0.25, 0.3) is 0 Å². The van der Waals surface area contributed by atoms with Crippen molar-refractivity contribution in [1.29, 1.82) is 0 Å². The minimum Gasteiger partial charge on any atom is -0.323 e. The summed E-state index contributed by atoms with van der Waals surface area (Å²) in [6.45, 7) is 6.82. The third kappa shape index (κ3) is 2.46. The SMILES string of the molecule is CC(C)Cc1cccc(C(N)C2(C)CC2)c1. The maximum absolute atomic E-state index is 6.33. The van der Waals surface area contributed by atoms with Gasteiger partial charge in [-0.15, -0.1) is 0 Å². The van der Waals surface area contributed by atoms with Crippen LogP contribution in [0.4, 0.5) is 0 Å². The van der Waals surface area contributed by atoms with Crippen LogP contribution in [0.5, 0.6) is 0 Å². The van der Waals surface area contributed by atoms with E-state index >= 15 is 0 Å². The van der Waals surface area contributed by atoms with Crippen LogP contribution in [0.2, 0.25) is 0 Å². The van der Waals surface area contributed by atoms with Crippen molar-refractivity contribution < 1.29 is 0 Å². The Bertz CT molecular complexity index is 363. The molecule has 1 aliphatic carbocycles. The van der Waals surface area contributed by atoms with E-state index in [-0.39, 0.29) is 6.04 Å². The van der Waals surface area contributed by atoms with Crippen LogP contribution in [0.1, 0.15) is 50.8 Å². The van der Waals surface area contributed by atoms with Gasteiger partial charge in [0.15, 0.2) is 0 Å². The highest BCUT2D eigenvalue weighted by atomic mass is 14.7. The summed E-state index contributed by atoms with van der Waals surface area (Å²) in [6.07, 6.45) is 3.71. The molecule has 2 N–H and O–H groups in total. The van der Waals surface area contributed by atoms with Gasteiger partial charge in [0, 0.05) is 6.04 Å². The molecule has 0 spiro atoms. The van der Waals surface area contributed by atoms with Gasteiger partial charge in [0.05, 0.1) is 0 Å². The quantitative estimate of drug-likeness (QED) is 0.818. The van der Waals surface area contributed by atoms with Gasteiger partial charge in [0.25, 0.3) is 0 Å². The van der Waals surface area contributed by atoms with E-state index in [0.29, 0.717) is 11.3 Å². The summed E-state index contributed by atoms with van der Waals surface area (Å²) in [7, 11) is 0. The van der Waals surface area contributed by atoms with Crippen molar-refractivity contribution in [3.05, 3.63) is 35.4 Å². The third-order valence-electron chi connectivity index (χ3n) is 3.74. The molecular formula is C15H23N. The van der Waals surface area contributed by atoms with Crippen LogP contribution in [0, 0.1) is 11.3 Å². The Hall–Kier alpha value is -0.820. The summed E-state index contributed by atoms with van der Waals surface area (Å²) in [5.74, 6) is 0.711. The van der Waals surface area contributed by atoms with E-state index in [4.69, 9.17) is 5.73 Å². The molecule has 0 heterocycles. The topological polar surface area (TPSA) is 26.0 Å². The molecule has 0 aliphatic heterocycles. The summed E-state index contributed by atoms with van der Waals surface area (Å²) in [6, 6.07) is 9.07. The molecule has 0 aromatic heterocycles. The third-order valence-corrected chi connectivity index (χ3v) is 3.74. The summed E-state index contributed by atoms with van der Waals surface area (Å²) in [5.41, 5.74) is 9.45. The van der Waals surface area contributed by atoms with Crippen LogP contribution >= 0.6 is 0 Å². The monoisotopic (exact) mass is 217 g/mol. The van der Waals surface area contributed by atoms with E-state index in [1.807, 2.05) is 0 Å². The highest BCUT2D eigenvalue weighted by molar-refractivity contribution is 5.28. The molecule has 1 unspecified atom stereocenters. The van der Waals surface area contributed by atoms with Gasteiger partial charge >= 0.3 is 0 Å². The van der Waals surface area contributed by atoms with Gasteiger partial charge in [0.1, 0.15) is 0 Å². The van der Waals surface area contributed by atoms with Gasteiger partial charge in [-0.3, -0.25) is 0 Å². The van der Waals surface area contributed by atoms with Crippen molar-refractivity contribution in [3.8, 4) is 0 Å². The van der Waals surface area contributed by atoms with E-state index in [2.05, 4.69) is 45.0 Å². The summed E-state index contributed by atoms with van der Waals surface area (Å²) in [5, 5.41) is 0. The average molecular weight is 217 g/mol. The van der Waals surface area contributed by atoms with Crippen molar-refractivity contribution in [2.45, 2.75) is 46.1 Å². The fraction of sp³-hybridized carbons (Fsp3) is 0.600. The van der Waals surface area contributed by atoms with Gasteiger partial charge in [-0.1, -0.05) is 45.0 Å². The molecule has 1 aromatic carbocycles. The first-order chi connectivity index (χ1) is 7.51. The lowest BCUT2D eigenvalue weighted by Gasteiger charge is -2.20. The van der Waals surface area contributed by atoms with Crippen LogP contribution in [0.3, 0.4) is 0 Å². The van der Waals surface area contributed by atoms with Crippen molar-refractivity contribution in [3.63, 3.8) is 0 Å². The first-order valence-electron chi connectivity index (χ1n) is 6.36. The molecule has 1 saturated carbocycles. The molecule has 1 nitrogen and oxygen atoms in total. The minimum absolute atomic E-state index is 0.222. The van der Waals surface area contributed by atoms with Crippen LogP contribution in [-0.4, -0.2) is 0 Å². The highest BCUT2D eigenvalue weighted by Gasteiger charge is 2.43. The Morgan fingerprint density at radius 2 is 2.00 bits per heavy atom. The average Bonchev–Trinajstić information content (AvgIpc) is 2.96. The maximum atomic E-state index is 6.33. The predicted molar refractivity (Wildman–Crippen MR) is 69.3 cm³/mol. The molecule has 0 saturated heterocycles. The molecule has 88 valence electrons. The Balaban J connectivity index is 2.15. The first-order valence-corrected chi connectivity index (χ1v) is 6.36. The fourth-order valence-electron chi connectivity index (χ4n) is 2.30. The molecule has 2 rings (SSSR count). The van der Waals surface area contributed by atoms with Gasteiger partial charge in [-0.25, -0.2) is 0 Å². The van der Waals surface area contributed by atoms with Crippen LogP contribution in [-0.2, 0) is 6.42 Å². The number of rotatable bonds is 4. The van der Waals surface area contributed by atoms with E-state index in [9.17, 15) is 0 Å². The molecule has 1 atom stereocenters. The van der Waals surface area contributed by atoms with Crippen molar-refractivity contribution in [2.75, 3.05) is 0 Å². The molecule has 16 heavy (non-hydrogen) atoms. The van der Waals surface area contributed by atoms with Gasteiger partial charge in [-0.05, 0) is 41.7 Å². The maximum Gasteiger partial charge on any atom is 0.0349 e. The standard InChI is InChI=1S/C15H23N/c1-11(2)9-12-5-4-6-13(10-12)14(16)15(3)7-8-15/h4-6,10-11,14H,7-9,16H2,1-3H3. The molecule has 1 aromatic rings. The molecule has 1 heteroatoms. The second-order valence-corrected chi connectivity index (χ2v) is 5.97. The highest BCUT2D eigenvalue weighted by Crippen LogP contribution is 2.53. The number of nitrogens with two attached hydrogens (primary N) is 1. The van der Waals surface area contributed by atoms with Gasteiger partial charge in [-0.2, -0.15) is 0 Å². The fourth-order valence-corrected chi connectivity index (χ4v) is 2.30. The molecule has 1 fully saturated rings. The number of hydrogen-bond acceptors (Lipinski definition) is 1. The molecule has 0 bridgehead atoms. The number of benzene rings is 1. The van der Waals surface area contributed by atoms with E-state index < -0.39 is 0 Å². The first kappa shape index (κ1) is 11.7. The Kier molecular flexibility index (Phi) is 3.07. The lowest BCUT2D eigenvalue weighted by atomic mass is 9.90. The predicted octanol–water partition coefficient (Wildman–Crippen LogP) is 3.69. The largest absolute Gasteiger partial charge is 0.323 e. The lowest BCUT2D eigenvalue weighted by Crippen LogP contribution is -2.20. The Morgan fingerprint density at radius 1 is 1.31 bits per heavy atom. The van der Waals surface area contributed by atoms with Crippen LogP contribution < -0.4 is 5.73 Å². The molecule has 0 amide bonds. The van der Waals surface area contributed by atoms with Gasteiger partial charge < -0.3 is 5.73 Å². The Morgan fingerprint density at radius 3 is 2.56 bits per heavy atom. The van der Waals surface area contributed by atoms with Crippen molar-refractivity contribution >= 4 is 0 Å². The van der Waals surface area contributed by atoms with Crippen LogP contribution in [0.15, 0.2) is 24.3 Å². The Labute approximate surface area is 99.0 Å². The minimum atomic E-state index is 0.222. The van der Waals surface area contributed by atoms with E-state index in [1.54, 1.807) is 0 Å². The second-order valence-electron chi connectivity index (χ2n) is 5.97.